The van der Waals surface area contributed by atoms with Gasteiger partial charge in [0.25, 0.3) is 0 Å². The molecule has 5 nitrogen and oxygen atoms in total. The number of nitrogens with zero attached hydrogens (tertiary/aromatic N) is 5. The van der Waals surface area contributed by atoms with Crippen LogP contribution in [0.25, 0.3) is 33.9 Å². The van der Waals surface area contributed by atoms with Crippen LogP contribution in [-0.4, -0.2) is 25.0 Å². The zero-order valence-corrected chi connectivity index (χ0v) is 18.5. The van der Waals surface area contributed by atoms with Crippen molar-refractivity contribution in [3.05, 3.63) is 95.6 Å². The first-order valence-electron chi connectivity index (χ1n) is 10.7. The van der Waals surface area contributed by atoms with E-state index in [-0.39, 0.29) is 18.3 Å². The van der Waals surface area contributed by atoms with Crippen LogP contribution < -0.4 is 0 Å². The molecule has 0 fully saturated rings. The maximum atomic E-state index is 14.1. The van der Waals surface area contributed by atoms with Crippen LogP contribution >= 0.6 is 0 Å². The molecule has 2 aliphatic rings. The highest BCUT2D eigenvalue weighted by Gasteiger charge is 2.38. The summed E-state index contributed by atoms with van der Waals surface area (Å²) in [6, 6.07) is 13.6. The fraction of sp³-hybridized carbons (Fsp3) is 0.120. The fourth-order valence-electron chi connectivity index (χ4n) is 3.77. The van der Waals surface area contributed by atoms with E-state index in [2.05, 4.69) is 20.3 Å². The van der Waals surface area contributed by atoms with Gasteiger partial charge in [-0.3, -0.25) is 4.68 Å². The Morgan fingerprint density at radius 2 is 1.51 bits per heavy atom. The first-order chi connectivity index (χ1) is 17.5. The summed E-state index contributed by atoms with van der Waals surface area (Å²) in [6.07, 6.45) is -8.32. The van der Waals surface area contributed by atoms with Crippen molar-refractivity contribution in [3.8, 4) is 33.9 Å². The molecule has 3 aromatic rings. The first-order valence-corrected chi connectivity index (χ1v) is 10.7. The van der Waals surface area contributed by atoms with Crippen LogP contribution in [0.4, 0.5) is 30.7 Å². The lowest BCUT2D eigenvalue weighted by Gasteiger charge is -2.15. The highest BCUT2D eigenvalue weighted by Crippen LogP contribution is 2.40. The van der Waals surface area contributed by atoms with Gasteiger partial charge < -0.3 is 0 Å². The molecule has 0 spiro atoms. The summed E-state index contributed by atoms with van der Waals surface area (Å²) < 4.78 is 94.8. The molecule has 37 heavy (non-hydrogen) atoms. The standard InChI is InChI=1S/C25H14F7N5/c26-20-4-2-1-3-18(20)22-11-14-9-10-37(36-23(14)33-22)13-16-6-8-21(35-34-16)17-7-5-15(24(27,28)29)12-19(17)25(30,31)32/h1-12H,13H2. The molecule has 188 valence electrons. The maximum absolute atomic E-state index is 14.1. The van der Waals surface area contributed by atoms with Crippen LogP contribution in [0.15, 0.2) is 72.9 Å². The topological polar surface area (TPSA) is 56.5 Å². The van der Waals surface area contributed by atoms with E-state index in [0.29, 0.717) is 34.4 Å². The Morgan fingerprint density at radius 1 is 0.730 bits per heavy atom. The molecule has 0 radical (unpaired) electrons. The van der Waals surface area contributed by atoms with Gasteiger partial charge in [-0.05, 0) is 48.5 Å². The molecule has 0 aliphatic carbocycles. The zero-order chi connectivity index (χ0) is 26.4. The minimum absolute atomic E-state index is 0.0579. The van der Waals surface area contributed by atoms with Gasteiger partial charge in [-0.1, -0.05) is 18.2 Å². The molecule has 0 amide bonds. The number of hydrogen-bond donors (Lipinski definition) is 0. The van der Waals surface area contributed by atoms with Crippen molar-refractivity contribution < 1.29 is 30.7 Å². The minimum atomic E-state index is -5.03. The third-order valence-electron chi connectivity index (χ3n) is 5.55. The molecule has 0 atom stereocenters. The smallest absolute Gasteiger partial charge is 0.265 e. The van der Waals surface area contributed by atoms with Crippen molar-refractivity contribution in [1.82, 2.24) is 25.0 Å². The van der Waals surface area contributed by atoms with Crippen LogP contribution in [0.3, 0.4) is 0 Å². The van der Waals surface area contributed by atoms with Crippen molar-refractivity contribution >= 4 is 0 Å². The normalized spacial score (nSPS) is 12.3. The molecule has 0 saturated heterocycles. The van der Waals surface area contributed by atoms with E-state index >= 15 is 0 Å². The molecule has 0 saturated carbocycles. The number of halogens is 7. The van der Waals surface area contributed by atoms with Gasteiger partial charge >= 0.3 is 12.4 Å². The molecule has 12 heteroatoms. The van der Waals surface area contributed by atoms with Gasteiger partial charge in [-0.15, -0.1) is 0 Å². The second kappa shape index (κ2) is 8.95. The Labute approximate surface area is 204 Å². The van der Waals surface area contributed by atoms with Crippen molar-refractivity contribution in [2.45, 2.75) is 18.9 Å². The van der Waals surface area contributed by atoms with E-state index in [1.165, 1.54) is 22.9 Å². The maximum Gasteiger partial charge on any atom is 0.417 e. The molecule has 2 aromatic carbocycles. The molecule has 0 N–H and O–H groups in total. The second-order valence-electron chi connectivity index (χ2n) is 8.08. The number of hydrogen-bond acceptors (Lipinski definition) is 4. The van der Waals surface area contributed by atoms with Gasteiger partial charge in [0.05, 0.1) is 34.8 Å². The third-order valence-corrected chi connectivity index (χ3v) is 5.55. The molecular formula is C25H14F7N5. The summed E-state index contributed by atoms with van der Waals surface area (Å²) in [5, 5.41) is 12.1. The first kappa shape index (κ1) is 24.3. The van der Waals surface area contributed by atoms with E-state index in [0.717, 1.165) is 6.07 Å². The fourth-order valence-corrected chi connectivity index (χ4v) is 3.77. The van der Waals surface area contributed by atoms with Gasteiger partial charge in [-0.25, -0.2) is 9.37 Å². The SMILES string of the molecule is Fc1ccccc1-c1cc2ccn(Cc3ccc(-c4ccc(C(F)(F)F)cc4C(F)(F)F)nn3)nc-2n1. The number of aromatic nitrogens is 5. The van der Waals surface area contributed by atoms with Gasteiger partial charge in [0, 0.05) is 22.9 Å². The average molecular weight is 517 g/mol. The molecule has 2 aliphatic heterocycles. The van der Waals surface area contributed by atoms with E-state index < -0.39 is 34.9 Å². The highest BCUT2D eigenvalue weighted by molar-refractivity contribution is 5.71. The number of benzene rings is 2. The molecule has 5 rings (SSSR count). The monoisotopic (exact) mass is 517 g/mol. The molecule has 1 aromatic heterocycles. The zero-order valence-electron chi connectivity index (χ0n) is 18.5. The van der Waals surface area contributed by atoms with Crippen LogP contribution in [0, 0.1) is 5.82 Å². The van der Waals surface area contributed by atoms with E-state index in [1.54, 1.807) is 36.5 Å². The van der Waals surface area contributed by atoms with Crippen molar-refractivity contribution in [1.29, 1.82) is 0 Å². The lowest BCUT2D eigenvalue weighted by atomic mass is 10.00. The lowest BCUT2D eigenvalue weighted by Crippen LogP contribution is -2.13. The molecule has 3 heterocycles. The Bertz CT molecular complexity index is 1540. The van der Waals surface area contributed by atoms with Crippen molar-refractivity contribution in [3.63, 3.8) is 0 Å². The summed E-state index contributed by atoms with van der Waals surface area (Å²) in [6.45, 7) is 0.0876. The molecule has 0 bridgehead atoms. The molecular weight excluding hydrogens is 503 g/mol. The largest absolute Gasteiger partial charge is 0.417 e. The summed E-state index contributed by atoms with van der Waals surface area (Å²) >= 11 is 0. The lowest BCUT2D eigenvalue weighted by molar-refractivity contribution is -0.142. The molecule has 0 unspecified atom stereocenters. The van der Waals surface area contributed by atoms with E-state index in [1.807, 2.05) is 0 Å². The Kier molecular flexibility index (Phi) is 5.89. The van der Waals surface area contributed by atoms with Crippen LogP contribution in [0.5, 0.6) is 0 Å². The predicted octanol–water partition coefficient (Wildman–Crippen LogP) is 6.73. The van der Waals surface area contributed by atoms with E-state index in [9.17, 15) is 30.7 Å². The van der Waals surface area contributed by atoms with Crippen LogP contribution in [0.1, 0.15) is 16.8 Å². The quantitative estimate of drug-likeness (QED) is 0.248. The van der Waals surface area contributed by atoms with Gasteiger partial charge in [0.2, 0.25) is 0 Å². The predicted molar refractivity (Wildman–Crippen MR) is 119 cm³/mol. The summed E-state index contributed by atoms with van der Waals surface area (Å²) in [7, 11) is 0. The van der Waals surface area contributed by atoms with Gasteiger partial charge in [0.1, 0.15) is 5.82 Å². The minimum Gasteiger partial charge on any atom is -0.265 e. The number of alkyl halides is 6. The summed E-state index contributed by atoms with van der Waals surface area (Å²) in [5.41, 5.74) is -1.86. The number of fused-ring (bicyclic) bond motifs is 1. The van der Waals surface area contributed by atoms with Crippen LogP contribution in [-0.2, 0) is 18.9 Å². The van der Waals surface area contributed by atoms with Gasteiger partial charge in [0.15, 0.2) is 5.82 Å². The second-order valence-corrected chi connectivity index (χ2v) is 8.08. The third kappa shape index (κ3) is 4.99. The summed E-state index contributed by atoms with van der Waals surface area (Å²) in [5.74, 6) is -0.0693. The van der Waals surface area contributed by atoms with Crippen molar-refractivity contribution in [2.75, 3.05) is 0 Å². The number of rotatable bonds is 4. The van der Waals surface area contributed by atoms with E-state index in [4.69, 9.17) is 0 Å². The van der Waals surface area contributed by atoms with Gasteiger partial charge in [-0.2, -0.15) is 41.6 Å². The highest BCUT2D eigenvalue weighted by atomic mass is 19.4. The summed E-state index contributed by atoms with van der Waals surface area (Å²) in [4.78, 5) is 4.36. The van der Waals surface area contributed by atoms with Crippen molar-refractivity contribution in [2.24, 2.45) is 0 Å². The Balaban J connectivity index is 1.41. The Morgan fingerprint density at radius 3 is 2.19 bits per heavy atom. The van der Waals surface area contributed by atoms with Crippen LogP contribution in [0.2, 0.25) is 0 Å². The average Bonchev–Trinajstić information content (AvgIpc) is 3.26. The Hall–Kier alpha value is -4.35.